The molecule has 1 unspecified atom stereocenters. The summed E-state index contributed by atoms with van der Waals surface area (Å²) in [4.78, 5) is 29.7. The largest absolute Gasteiger partial charge is 0.387 e. The molecular formula is C30H42BCl2N5O7. The van der Waals surface area contributed by atoms with Crippen molar-refractivity contribution in [3.8, 4) is 0 Å². The number of H-pyrrole nitrogens is 1. The predicted octanol–water partition coefficient (Wildman–Crippen LogP) is 2.23. The number of amides is 2. The van der Waals surface area contributed by atoms with E-state index in [1.165, 1.54) is 0 Å². The quantitative estimate of drug-likeness (QED) is 0.153. The van der Waals surface area contributed by atoms with Gasteiger partial charge in [0.15, 0.2) is 0 Å². The number of halogens is 2. The molecule has 45 heavy (non-hydrogen) atoms. The first kappa shape index (κ1) is 35.5. The van der Waals surface area contributed by atoms with Crippen LogP contribution in [0.15, 0.2) is 18.3 Å². The summed E-state index contributed by atoms with van der Waals surface area (Å²) < 4.78 is 21.6. The Morgan fingerprint density at radius 3 is 2.40 bits per heavy atom. The maximum Gasteiger partial charge on any atom is 0.248 e. The molecule has 1 aromatic heterocycles. The number of likely N-dealkylation sites (N-methyl/N-ethyl adjacent to an activating group) is 1. The number of aromatic nitrogens is 1. The van der Waals surface area contributed by atoms with Gasteiger partial charge < -0.3 is 44.3 Å². The van der Waals surface area contributed by atoms with Crippen molar-refractivity contribution in [2.45, 2.75) is 31.7 Å². The average molecular weight is 666 g/mol. The zero-order chi connectivity index (χ0) is 32.2. The Kier molecular flexibility index (Phi) is 14.3. The van der Waals surface area contributed by atoms with Crippen LogP contribution in [0.4, 0.5) is 0 Å². The number of benzene rings is 1. The number of aliphatic hydroxyl groups excluding tert-OH is 1. The van der Waals surface area contributed by atoms with Gasteiger partial charge in [-0.05, 0) is 17.7 Å². The van der Waals surface area contributed by atoms with E-state index in [0.717, 1.165) is 27.7 Å². The second-order valence-corrected chi connectivity index (χ2v) is 11.5. The first-order valence-corrected chi connectivity index (χ1v) is 16.0. The van der Waals surface area contributed by atoms with Crippen LogP contribution < -0.4 is 5.32 Å². The molecule has 0 fully saturated rings. The van der Waals surface area contributed by atoms with Crippen molar-refractivity contribution < 1.29 is 33.6 Å². The van der Waals surface area contributed by atoms with Crippen LogP contribution in [0.5, 0.6) is 0 Å². The fourth-order valence-electron chi connectivity index (χ4n) is 5.43. The molecule has 246 valence electrons. The van der Waals surface area contributed by atoms with Crippen molar-refractivity contribution in [2.24, 2.45) is 0 Å². The zero-order valence-electron chi connectivity index (χ0n) is 25.7. The number of fused-ring (bicyclic) bond motifs is 3. The van der Waals surface area contributed by atoms with Crippen molar-refractivity contribution in [2.75, 3.05) is 86.1 Å². The summed E-state index contributed by atoms with van der Waals surface area (Å²) in [6.45, 7) is 5.04. The number of carbonyl (C=O) groups is 2. The Balaban J connectivity index is 1.18. The van der Waals surface area contributed by atoms with Gasteiger partial charge in [-0.2, -0.15) is 0 Å². The molecule has 2 aliphatic heterocycles. The highest BCUT2D eigenvalue weighted by atomic mass is 35.5. The Labute approximate surface area is 275 Å². The van der Waals surface area contributed by atoms with Crippen molar-refractivity contribution in [1.82, 2.24) is 25.2 Å². The summed E-state index contributed by atoms with van der Waals surface area (Å²) in [5, 5.41) is 18.3. The van der Waals surface area contributed by atoms with Crippen LogP contribution in [0.2, 0.25) is 16.4 Å². The standard InChI is InChI=1S/C30H42BCl2N5O7/c1-36-25(21-18-23(32)29(33)30-28(21)22-19-37(27(41)20-39)7-2-24(22)35-30)3-8-38(36)9-6-34-26(40)4-10-42-12-14-44-16-17-45-15-13-43-11-5-31/h3,8,18,25,35,39H,2,4-7,9-17,19-20H2,1H3,(H,34,40). The third-order valence-corrected chi connectivity index (χ3v) is 8.53. The molecule has 4 rings (SSSR count). The molecular weight excluding hydrogens is 624 g/mol. The molecule has 2 aliphatic rings. The van der Waals surface area contributed by atoms with Crippen molar-refractivity contribution in [3.05, 3.63) is 45.2 Å². The third kappa shape index (κ3) is 9.58. The average Bonchev–Trinajstić information content (AvgIpc) is 3.61. The normalized spacial score (nSPS) is 16.6. The summed E-state index contributed by atoms with van der Waals surface area (Å²) in [6.07, 6.45) is 5.44. The van der Waals surface area contributed by atoms with Gasteiger partial charge in [0.1, 0.15) is 6.61 Å². The fourth-order valence-corrected chi connectivity index (χ4v) is 5.84. The maximum absolute atomic E-state index is 12.3. The predicted molar refractivity (Wildman–Crippen MR) is 172 cm³/mol. The molecule has 2 aromatic rings. The minimum atomic E-state index is -0.525. The number of nitrogens with one attached hydrogen (secondary N) is 2. The Bertz CT molecular complexity index is 1310. The lowest BCUT2D eigenvalue weighted by Crippen LogP contribution is -2.39. The van der Waals surface area contributed by atoms with Crippen LogP contribution in [0.3, 0.4) is 0 Å². The smallest absolute Gasteiger partial charge is 0.248 e. The van der Waals surface area contributed by atoms with Gasteiger partial charge in [-0.15, -0.1) is 0 Å². The summed E-state index contributed by atoms with van der Waals surface area (Å²) >= 11 is 13.2. The van der Waals surface area contributed by atoms with E-state index in [4.69, 9.17) is 50.0 Å². The fraction of sp³-hybridized carbons (Fsp3) is 0.600. The highest BCUT2D eigenvalue weighted by Gasteiger charge is 2.31. The van der Waals surface area contributed by atoms with Gasteiger partial charge in [0.05, 0.1) is 82.2 Å². The minimum absolute atomic E-state index is 0.0873. The first-order chi connectivity index (χ1) is 21.8. The second kappa shape index (κ2) is 18.1. The summed E-state index contributed by atoms with van der Waals surface area (Å²) in [7, 11) is 7.32. The van der Waals surface area contributed by atoms with Crippen molar-refractivity contribution >= 4 is 53.8 Å². The summed E-state index contributed by atoms with van der Waals surface area (Å²) in [5.41, 5.74) is 3.71. The zero-order valence-corrected chi connectivity index (χ0v) is 27.2. The number of hydrogen-bond acceptors (Lipinski definition) is 9. The molecule has 1 aromatic carbocycles. The minimum Gasteiger partial charge on any atom is -0.387 e. The third-order valence-electron chi connectivity index (χ3n) is 7.74. The van der Waals surface area contributed by atoms with E-state index >= 15 is 0 Å². The van der Waals surface area contributed by atoms with E-state index in [0.29, 0.717) is 102 Å². The number of hydrogen-bond donors (Lipinski definition) is 3. The molecule has 0 spiro atoms. The lowest BCUT2D eigenvalue weighted by molar-refractivity contribution is -0.135. The number of ether oxygens (including phenoxy) is 4. The van der Waals surface area contributed by atoms with E-state index < -0.39 is 6.61 Å². The van der Waals surface area contributed by atoms with Crippen LogP contribution in [-0.2, 0) is 41.5 Å². The molecule has 2 amide bonds. The van der Waals surface area contributed by atoms with Gasteiger partial charge in [0.2, 0.25) is 11.8 Å². The highest BCUT2D eigenvalue weighted by Crippen LogP contribution is 2.43. The topological polar surface area (TPSA) is 129 Å². The van der Waals surface area contributed by atoms with Crippen LogP contribution >= 0.6 is 23.2 Å². The second-order valence-electron chi connectivity index (χ2n) is 10.7. The molecule has 0 aliphatic carbocycles. The molecule has 3 heterocycles. The van der Waals surface area contributed by atoms with Crippen LogP contribution in [0, 0.1) is 0 Å². The molecule has 0 saturated heterocycles. The van der Waals surface area contributed by atoms with Gasteiger partial charge in [0.25, 0.3) is 0 Å². The van der Waals surface area contributed by atoms with E-state index in [9.17, 15) is 14.7 Å². The van der Waals surface area contributed by atoms with Crippen molar-refractivity contribution in [3.63, 3.8) is 0 Å². The van der Waals surface area contributed by atoms with Gasteiger partial charge in [-0.1, -0.05) is 29.5 Å². The molecule has 12 nitrogen and oxygen atoms in total. The lowest BCUT2D eigenvalue weighted by atomic mass is 9.96. The molecule has 15 heteroatoms. The molecule has 3 N–H and O–H groups in total. The summed E-state index contributed by atoms with van der Waals surface area (Å²) in [6, 6.07) is 1.74. The molecule has 1 atom stereocenters. The number of nitrogens with zero attached hydrogens (tertiary/aromatic N) is 3. The number of carbonyl (C=O) groups excluding carboxylic acids is 2. The molecule has 0 saturated carbocycles. The van der Waals surface area contributed by atoms with Crippen molar-refractivity contribution in [1.29, 1.82) is 0 Å². The Morgan fingerprint density at radius 1 is 1.07 bits per heavy atom. The maximum atomic E-state index is 12.3. The molecule has 2 radical (unpaired) electrons. The SMILES string of the molecule is [B]CCOCCOCCOCCOCCC(=O)NCCN1C=CC(c2cc(Cl)c(Cl)c3[nH]c4c(c23)CN(C(=O)CO)CC4)N1C. The van der Waals surface area contributed by atoms with E-state index in [2.05, 4.69) is 21.4 Å². The Morgan fingerprint density at radius 2 is 1.73 bits per heavy atom. The number of aliphatic hydroxyl groups is 1. The van der Waals surface area contributed by atoms with E-state index in [-0.39, 0.29) is 24.3 Å². The van der Waals surface area contributed by atoms with Gasteiger partial charge >= 0.3 is 0 Å². The van der Waals surface area contributed by atoms with Crippen LogP contribution in [0.1, 0.15) is 29.3 Å². The number of rotatable bonds is 19. The number of aromatic amines is 1. The van der Waals surface area contributed by atoms with E-state index in [1.807, 2.05) is 24.3 Å². The Hall–Kier alpha value is -2.36. The summed E-state index contributed by atoms with van der Waals surface area (Å²) in [5.74, 6) is -0.391. The number of hydrazine groups is 1. The van der Waals surface area contributed by atoms with Crippen LogP contribution in [0.25, 0.3) is 10.9 Å². The van der Waals surface area contributed by atoms with E-state index in [1.54, 1.807) is 4.90 Å². The van der Waals surface area contributed by atoms with Crippen LogP contribution in [-0.4, -0.2) is 131 Å². The molecule has 0 bridgehead atoms. The van der Waals surface area contributed by atoms with Gasteiger partial charge in [-0.3, -0.25) is 9.59 Å². The van der Waals surface area contributed by atoms with Gasteiger partial charge in [0, 0.05) is 69.0 Å². The van der Waals surface area contributed by atoms with Gasteiger partial charge in [-0.25, -0.2) is 5.01 Å². The lowest BCUT2D eigenvalue weighted by Gasteiger charge is -2.31. The first-order valence-electron chi connectivity index (χ1n) is 15.2. The highest BCUT2D eigenvalue weighted by molar-refractivity contribution is 6.45. The monoisotopic (exact) mass is 665 g/mol.